The summed E-state index contributed by atoms with van der Waals surface area (Å²) in [6.07, 6.45) is 5.88. The largest absolute Gasteiger partial charge is 0.319 e. The van der Waals surface area contributed by atoms with Gasteiger partial charge in [0.25, 0.3) is 5.69 Å². The molecule has 8 heteroatoms. The van der Waals surface area contributed by atoms with Crippen molar-refractivity contribution < 1.29 is 9.72 Å². The lowest BCUT2D eigenvalue weighted by atomic mass is 9.79. The van der Waals surface area contributed by atoms with E-state index in [2.05, 4.69) is 15.5 Å². The third kappa shape index (κ3) is 4.48. The van der Waals surface area contributed by atoms with Gasteiger partial charge in [0.2, 0.25) is 5.91 Å². The molecule has 1 spiro atoms. The molecule has 0 radical (unpaired) electrons. The summed E-state index contributed by atoms with van der Waals surface area (Å²) in [7, 11) is 0. The number of carbonyl (C=O) groups is 1. The number of nitrogens with one attached hydrogen (secondary N) is 2. The van der Waals surface area contributed by atoms with Gasteiger partial charge in [0.05, 0.1) is 11.5 Å². The van der Waals surface area contributed by atoms with Gasteiger partial charge < -0.3 is 10.6 Å². The minimum atomic E-state index is -0.469. The van der Waals surface area contributed by atoms with Gasteiger partial charge in [-0.25, -0.2) is 0 Å². The average Bonchev–Trinajstić information content (AvgIpc) is 2.58. The third-order valence-corrected chi connectivity index (χ3v) is 5.18. The fraction of sp³-hybridized carbons (Fsp3) is 0.588. The number of rotatable bonds is 4. The van der Waals surface area contributed by atoms with E-state index in [-0.39, 0.29) is 41.8 Å². The molecule has 0 unspecified atom stereocenters. The molecule has 2 fully saturated rings. The van der Waals surface area contributed by atoms with Crippen LogP contribution in [0.15, 0.2) is 24.3 Å². The second-order valence-corrected chi connectivity index (χ2v) is 6.71. The van der Waals surface area contributed by atoms with Crippen LogP contribution in [0.1, 0.15) is 32.1 Å². The first kappa shape index (κ1) is 19.6. The van der Waals surface area contributed by atoms with Gasteiger partial charge in [0.15, 0.2) is 0 Å². The topological polar surface area (TPSA) is 87.5 Å². The highest BCUT2D eigenvalue weighted by Gasteiger charge is 2.40. The zero-order valence-corrected chi connectivity index (χ0v) is 15.0. The highest BCUT2D eigenvalue weighted by atomic mass is 35.5. The van der Waals surface area contributed by atoms with E-state index in [9.17, 15) is 14.9 Å². The fourth-order valence-electron chi connectivity index (χ4n) is 3.94. The first-order valence-electron chi connectivity index (χ1n) is 8.60. The number of amides is 1. The molecule has 138 valence electrons. The van der Waals surface area contributed by atoms with E-state index in [0.29, 0.717) is 0 Å². The summed E-state index contributed by atoms with van der Waals surface area (Å²) in [6.45, 7) is 2.92. The summed E-state index contributed by atoms with van der Waals surface area (Å²) in [5.41, 5.74) is 0.259. The summed E-state index contributed by atoms with van der Waals surface area (Å²) < 4.78 is 0. The number of para-hydroxylation sites is 2. The van der Waals surface area contributed by atoms with Crippen LogP contribution in [0.2, 0.25) is 0 Å². The van der Waals surface area contributed by atoms with Crippen LogP contribution in [-0.4, -0.2) is 47.4 Å². The van der Waals surface area contributed by atoms with Crippen LogP contribution >= 0.6 is 12.4 Å². The molecule has 0 atom stereocenters. The van der Waals surface area contributed by atoms with Crippen LogP contribution in [0.5, 0.6) is 0 Å². The summed E-state index contributed by atoms with van der Waals surface area (Å²) in [4.78, 5) is 25.4. The summed E-state index contributed by atoms with van der Waals surface area (Å²) in [6, 6.07) is 6.27. The second-order valence-electron chi connectivity index (χ2n) is 6.71. The highest BCUT2D eigenvalue weighted by Crippen LogP contribution is 2.34. The molecule has 2 aliphatic rings. The first-order chi connectivity index (χ1) is 11.6. The molecule has 3 rings (SSSR count). The number of piperazine rings is 1. The minimum absolute atomic E-state index is 0. The number of anilines is 1. The van der Waals surface area contributed by atoms with Crippen LogP contribution < -0.4 is 10.6 Å². The molecule has 7 nitrogen and oxygen atoms in total. The third-order valence-electron chi connectivity index (χ3n) is 5.18. The summed E-state index contributed by atoms with van der Waals surface area (Å²) >= 11 is 0. The molecule has 2 N–H and O–H groups in total. The maximum Gasteiger partial charge on any atom is 0.292 e. The zero-order valence-electron chi connectivity index (χ0n) is 14.2. The van der Waals surface area contributed by atoms with Crippen molar-refractivity contribution >= 4 is 29.7 Å². The van der Waals surface area contributed by atoms with Gasteiger partial charge in [-0.2, -0.15) is 0 Å². The summed E-state index contributed by atoms with van der Waals surface area (Å²) in [5, 5.41) is 17.2. The van der Waals surface area contributed by atoms with Crippen LogP contribution in [0.4, 0.5) is 11.4 Å². The normalized spacial score (nSPS) is 19.8. The Morgan fingerprint density at radius 1 is 1.28 bits per heavy atom. The van der Waals surface area contributed by atoms with Crippen molar-refractivity contribution in [2.45, 2.75) is 37.6 Å². The Morgan fingerprint density at radius 2 is 2.00 bits per heavy atom. The highest BCUT2D eigenvalue weighted by molar-refractivity contribution is 5.94. The van der Waals surface area contributed by atoms with Crippen LogP contribution in [0.3, 0.4) is 0 Å². The predicted molar refractivity (Wildman–Crippen MR) is 99.2 cm³/mol. The lowest BCUT2D eigenvalue weighted by Gasteiger charge is -2.49. The Bertz CT molecular complexity index is 611. The van der Waals surface area contributed by atoms with Crippen molar-refractivity contribution in [2.24, 2.45) is 0 Å². The van der Waals surface area contributed by atoms with E-state index in [0.717, 1.165) is 32.5 Å². The van der Waals surface area contributed by atoms with Crippen LogP contribution in [-0.2, 0) is 4.79 Å². The number of nitro benzene ring substituents is 1. The molecule has 1 aliphatic carbocycles. The Morgan fingerprint density at radius 3 is 2.72 bits per heavy atom. The molecule has 1 saturated heterocycles. The number of hydrogen-bond donors (Lipinski definition) is 2. The lowest BCUT2D eigenvalue weighted by Crippen LogP contribution is -2.63. The molecule has 1 aromatic carbocycles. The number of carbonyl (C=O) groups excluding carboxylic acids is 1. The number of nitro groups is 1. The SMILES string of the molecule is Cl.O=C(CN1CCNCC12CCCCC2)Nc1ccccc1[N+](=O)[O-]. The van der Waals surface area contributed by atoms with E-state index >= 15 is 0 Å². The molecular weight excluding hydrogens is 344 g/mol. The van der Waals surface area contributed by atoms with Gasteiger partial charge >= 0.3 is 0 Å². The first-order valence-corrected chi connectivity index (χ1v) is 8.60. The van der Waals surface area contributed by atoms with E-state index in [1.807, 2.05) is 0 Å². The van der Waals surface area contributed by atoms with E-state index in [1.54, 1.807) is 18.2 Å². The van der Waals surface area contributed by atoms with Gasteiger partial charge in [0.1, 0.15) is 5.69 Å². The molecule has 1 aliphatic heterocycles. The number of halogens is 1. The Balaban J connectivity index is 0.00000225. The van der Waals surface area contributed by atoms with Crippen molar-refractivity contribution in [1.29, 1.82) is 0 Å². The van der Waals surface area contributed by atoms with Gasteiger partial charge in [0, 0.05) is 31.2 Å². The molecule has 25 heavy (non-hydrogen) atoms. The molecular formula is C17H25ClN4O3. The summed E-state index contributed by atoms with van der Waals surface area (Å²) in [5.74, 6) is -0.184. The smallest absolute Gasteiger partial charge is 0.292 e. The zero-order chi connectivity index (χ0) is 17.0. The van der Waals surface area contributed by atoms with Crippen molar-refractivity contribution in [3.63, 3.8) is 0 Å². The second kappa shape index (κ2) is 8.60. The number of nitrogens with zero attached hydrogens (tertiary/aromatic N) is 2. The van der Waals surface area contributed by atoms with Crippen molar-refractivity contribution in [1.82, 2.24) is 10.2 Å². The lowest BCUT2D eigenvalue weighted by molar-refractivity contribution is -0.383. The van der Waals surface area contributed by atoms with Crippen molar-refractivity contribution in [3.8, 4) is 0 Å². The number of hydrogen-bond acceptors (Lipinski definition) is 5. The Labute approximate surface area is 153 Å². The van der Waals surface area contributed by atoms with E-state index < -0.39 is 4.92 Å². The van der Waals surface area contributed by atoms with Crippen molar-refractivity contribution in [2.75, 3.05) is 31.5 Å². The molecule has 1 heterocycles. The Kier molecular flexibility index (Phi) is 6.75. The van der Waals surface area contributed by atoms with Crippen LogP contribution in [0, 0.1) is 10.1 Å². The standard InChI is InChI=1S/C17H24N4O3.ClH/c22-16(19-14-6-2-3-7-15(14)21(23)24)12-20-11-10-18-13-17(20)8-4-1-5-9-17;/h2-3,6-7,18H,1,4-5,8-13H2,(H,19,22);1H. The monoisotopic (exact) mass is 368 g/mol. The molecule has 1 saturated carbocycles. The molecule has 1 amide bonds. The fourth-order valence-corrected chi connectivity index (χ4v) is 3.94. The molecule has 1 aromatic rings. The van der Waals surface area contributed by atoms with Crippen molar-refractivity contribution in [3.05, 3.63) is 34.4 Å². The predicted octanol–water partition coefficient (Wildman–Crippen LogP) is 2.56. The quantitative estimate of drug-likeness (QED) is 0.630. The maximum absolute atomic E-state index is 12.5. The van der Waals surface area contributed by atoms with Gasteiger partial charge in [-0.1, -0.05) is 31.4 Å². The average molecular weight is 369 g/mol. The van der Waals surface area contributed by atoms with E-state index in [4.69, 9.17) is 0 Å². The van der Waals surface area contributed by atoms with Gasteiger partial charge in [-0.3, -0.25) is 19.8 Å². The Hall–Kier alpha value is -1.70. The molecule has 0 aromatic heterocycles. The molecule has 0 bridgehead atoms. The number of benzene rings is 1. The maximum atomic E-state index is 12.5. The van der Waals surface area contributed by atoms with E-state index in [1.165, 1.54) is 25.3 Å². The van der Waals surface area contributed by atoms with Crippen LogP contribution in [0.25, 0.3) is 0 Å². The van der Waals surface area contributed by atoms with Gasteiger partial charge in [-0.15, -0.1) is 12.4 Å². The minimum Gasteiger partial charge on any atom is -0.319 e. The van der Waals surface area contributed by atoms with Gasteiger partial charge in [-0.05, 0) is 18.9 Å².